The van der Waals surface area contributed by atoms with Gasteiger partial charge >= 0.3 is 0 Å². The number of carbonyl (C=O) groups is 1. The number of nitrogens with zero attached hydrogens (tertiary/aromatic N) is 1. The van der Waals surface area contributed by atoms with Crippen LogP contribution in [-0.2, 0) is 11.3 Å². The minimum absolute atomic E-state index is 0.0228. The normalized spacial score (nSPS) is 17.4. The molecule has 0 radical (unpaired) electrons. The van der Waals surface area contributed by atoms with Crippen LogP contribution < -0.4 is 14.8 Å². The van der Waals surface area contributed by atoms with Gasteiger partial charge in [-0.2, -0.15) is 0 Å². The van der Waals surface area contributed by atoms with Gasteiger partial charge in [0.1, 0.15) is 17.3 Å². The van der Waals surface area contributed by atoms with Crippen LogP contribution in [0.3, 0.4) is 0 Å². The molecule has 0 aliphatic carbocycles. The summed E-state index contributed by atoms with van der Waals surface area (Å²) in [6.07, 6.45) is 1.80. The van der Waals surface area contributed by atoms with E-state index in [9.17, 15) is 9.18 Å². The smallest absolute Gasteiger partial charge is 0.228 e. The van der Waals surface area contributed by atoms with Crippen LogP contribution in [0, 0.1) is 11.7 Å². The van der Waals surface area contributed by atoms with Crippen LogP contribution in [0.2, 0.25) is 0 Å². The van der Waals surface area contributed by atoms with Crippen LogP contribution in [0.5, 0.6) is 11.5 Å². The summed E-state index contributed by atoms with van der Waals surface area (Å²) >= 11 is 0. The summed E-state index contributed by atoms with van der Waals surface area (Å²) in [5, 5.41) is 2.98. The van der Waals surface area contributed by atoms with Gasteiger partial charge in [-0.3, -0.25) is 9.69 Å². The van der Waals surface area contributed by atoms with Gasteiger partial charge in [0.05, 0.1) is 25.8 Å². The Balaban J connectivity index is 1.63. The molecule has 1 fully saturated rings. The highest BCUT2D eigenvalue weighted by atomic mass is 19.1. The second-order valence-corrected chi connectivity index (χ2v) is 6.76. The molecule has 1 N–H and O–H groups in total. The lowest BCUT2D eigenvalue weighted by atomic mass is 9.96. The van der Waals surface area contributed by atoms with Crippen LogP contribution in [0.25, 0.3) is 0 Å². The summed E-state index contributed by atoms with van der Waals surface area (Å²) in [7, 11) is 3.16. The Morgan fingerprint density at radius 2 is 1.96 bits per heavy atom. The maximum Gasteiger partial charge on any atom is 0.228 e. The molecular weight excluding hydrogens is 347 g/mol. The van der Waals surface area contributed by atoms with E-state index in [1.165, 1.54) is 12.1 Å². The first-order valence-electron chi connectivity index (χ1n) is 9.08. The number of hydrogen-bond donors (Lipinski definition) is 1. The van der Waals surface area contributed by atoms with Crippen molar-refractivity contribution < 1.29 is 18.7 Å². The predicted molar refractivity (Wildman–Crippen MR) is 103 cm³/mol. The van der Waals surface area contributed by atoms with Crippen molar-refractivity contribution in [2.24, 2.45) is 5.92 Å². The molecule has 144 valence electrons. The molecule has 1 atom stereocenters. The average Bonchev–Trinajstić information content (AvgIpc) is 2.70. The third-order valence-electron chi connectivity index (χ3n) is 4.86. The highest BCUT2D eigenvalue weighted by Crippen LogP contribution is 2.30. The maximum atomic E-state index is 13.1. The van der Waals surface area contributed by atoms with E-state index in [2.05, 4.69) is 10.2 Å². The van der Waals surface area contributed by atoms with Crippen LogP contribution in [0.1, 0.15) is 18.4 Å². The number of rotatable bonds is 6. The Kier molecular flexibility index (Phi) is 6.29. The van der Waals surface area contributed by atoms with Crippen molar-refractivity contribution in [3.05, 3.63) is 53.8 Å². The molecule has 0 bridgehead atoms. The molecule has 1 saturated heterocycles. The second kappa shape index (κ2) is 8.86. The monoisotopic (exact) mass is 372 g/mol. The van der Waals surface area contributed by atoms with Gasteiger partial charge in [0.15, 0.2) is 0 Å². The van der Waals surface area contributed by atoms with Gasteiger partial charge in [-0.25, -0.2) is 4.39 Å². The molecule has 27 heavy (non-hydrogen) atoms. The van der Waals surface area contributed by atoms with Crippen LogP contribution in [0.4, 0.5) is 10.1 Å². The first-order valence-corrected chi connectivity index (χ1v) is 9.08. The predicted octanol–water partition coefficient (Wildman–Crippen LogP) is 3.69. The fourth-order valence-corrected chi connectivity index (χ4v) is 3.41. The minimum Gasteiger partial charge on any atom is -0.497 e. The number of hydrogen-bond acceptors (Lipinski definition) is 4. The molecule has 1 unspecified atom stereocenters. The highest BCUT2D eigenvalue weighted by Gasteiger charge is 2.26. The van der Waals surface area contributed by atoms with E-state index in [4.69, 9.17) is 9.47 Å². The summed E-state index contributed by atoms with van der Waals surface area (Å²) < 4.78 is 23.6. The summed E-state index contributed by atoms with van der Waals surface area (Å²) in [6, 6.07) is 11.9. The van der Waals surface area contributed by atoms with Crippen molar-refractivity contribution in [2.75, 3.05) is 32.6 Å². The largest absolute Gasteiger partial charge is 0.497 e. The van der Waals surface area contributed by atoms with Gasteiger partial charge in [0.25, 0.3) is 0 Å². The van der Waals surface area contributed by atoms with Gasteiger partial charge < -0.3 is 14.8 Å². The molecular formula is C21H25FN2O3. The van der Waals surface area contributed by atoms with E-state index >= 15 is 0 Å². The van der Waals surface area contributed by atoms with E-state index in [-0.39, 0.29) is 17.6 Å². The van der Waals surface area contributed by atoms with Crippen molar-refractivity contribution >= 4 is 11.6 Å². The fourth-order valence-electron chi connectivity index (χ4n) is 3.41. The second-order valence-electron chi connectivity index (χ2n) is 6.76. The quantitative estimate of drug-likeness (QED) is 0.840. The molecule has 2 aromatic carbocycles. The van der Waals surface area contributed by atoms with E-state index in [0.29, 0.717) is 30.3 Å². The number of likely N-dealkylation sites (tertiary alicyclic amines) is 1. The fraction of sp³-hybridized carbons (Fsp3) is 0.381. The van der Waals surface area contributed by atoms with Crippen molar-refractivity contribution in [2.45, 2.75) is 19.4 Å². The Hall–Kier alpha value is -2.60. The number of amides is 1. The number of ether oxygens (including phenoxy) is 2. The summed E-state index contributed by atoms with van der Waals surface area (Å²) in [4.78, 5) is 15.0. The number of carbonyl (C=O) groups excluding carboxylic acids is 1. The molecule has 0 spiro atoms. The highest BCUT2D eigenvalue weighted by molar-refractivity contribution is 5.94. The Labute approximate surface area is 159 Å². The summed E-state index contributed by atoms with van der Waals surface area (Å²) in [6.45, 7) is 2.33. The lowest BCUT2D eigenvalue weighted by Gasteiger charge is -2.32. The number of nitrogens with one attached hydrogen (secondary N) is 1. The molecule has 3 rings (SSSR count). The van der Waals surface area contributed by atoms with Gasteiger partial charge in [0, 0.05) is 19.2 Å². The van der Waals surface area contributed by atoms with E-state index < -0.39 is 0 Å². The van der Waals surface area contributed by atoms with Crippen molar-refractivity contribution in [3.63, 3.8) is 0 Å². The molecule has 5 nitrogen and oxygen atoms in total. The molecule has 1 aliphatic rings. The maximum absolute atomic E-state index is 13.1. The van der Waals surface area contributed by atoms with Gasteiger partial charge in [-0.05, 0) is 49.2 Å². The number of anilines is 1. The third-order valence-corrected chi connectivity index (χ3v) is 4.86. The third kappa shape index (κ3) is 4.98. The summed E-state index contributed by atoms with van der Waals surface area (Å²) in [5.74, 6) is 0.901. The first kappa shape index (κ1) is 19.2. The van der Waals surface area contributed by atoms with E-state index in [1.54, 1.807) is 44.6 Å². The number of piperidine rings is 1. The SMILES string of the molecule is COc1ccc(OC)c(NC(=O)C2CCCN(Cc3ccc(F)cc3)C2)c1. The van der Waals surface area contributed by atoms with E-state index in [1.807, 2.05) is 0 Å². The average molecular weight is 372 g/mol. The lowest BCUT2D eigenvalue weighted by molar-refractivity contribution is -0.121. The molecule has 1 amide bonds. The topological polar surface area (TPSA) is 50.8 Å². The molecule has 1 aliphatic heterocycles. The Morgan fingerprint density at radius 1 is 1.19 bits per heavy atom. The van der Waals surface area contributed by atoms with Crippen LogP contribution in [0.15, 0.2) is 42.5 Å². The lowest BCUT2D eigenvalue weighted by Crippen LogP contribution is -2.40. The molecule has 1 heterocycles. The zero-order valence-corrected chi connectivity index (χ0v) is 15.7. The zero-order valence-electron chi connectivity index (χ0n) is 15.7. The minimum atomic E-state index is -0.234. The number of methoxy groups -OCH3 is 2. The molecule has 0 aromatic heterocycles. The number of halogens is 1. The van der Waals surface area contributed by atoms with Crippen molar-refractivity contribution in [3.8, 4) is 11.5 Å². The van der Waals surface area contributed by atoms with Gasteiger partial charge in [-0.1, -0.05) is 12.1 Å². The van der Waals surface area contributed by atoms with Crippen LogP contribution >= 0.6 is 0 Å². The van der Waals surface area contributed by atoms with E-state index in [0.717, 1.165) is 24.9 Å². The first-order chi connectivity index (χ1) is 13.1. The van der Waals surface area contributed by atoms with Crippen LogP contribution in [-0.4, -0.2) is 38.1 Å². The van der Waals surface area contributed by atoms with Crippen molar-refractivity contribution in [1.29, 1.82) is 0 Å². The van der Waals surface area contributed by atoms with Gasteiger partial charge in [-0.15, -0.1) is 0 Å². The molecule has 0 saturated carbocycles. The standard InChI is InChI=1S/C21H25FN2O3/c1-26-18-9-10-20(27-2)19(12-18)23-21(25)16-4-3-11-24(14-16)13-15-5-7-17(22)8-6-15/h5-10,12,16H,3-4,11,13-14H2,1-2H3,(H,23,25). The Bertz CT molecular complexity index is 779. The number of benzene rings is 2. The zero-order chi connectivity index (χ0) is 19.2. The van der Waals surface area contributed by atoms with Crippen molar-refractivity contribution in [1.82, 2.24) is 4.90 Å². The van der Waals surface area contributed by atoms with Gasteiger partial charge in [0.2, 0.25) is 5.91 Å². The Morgan fingerprint density at radius 3 is 2.67 bits per heavy atom. The molecule has 2 aromatic rings. The summed E-state index contributed by atoms with van der Waals surface area (Å²) in [5.41, 5.74) is 1.66. The molecule has 6 heteroatoms.